The molecule has 0 bridgehead atoms. The van der Waals surface area contributed by atoms with Crippen molar-refractivity contribution in [1.29, 1.82) is 0 Å². The summed E-state index contributed by atoms with van der Waals surface area (Å²) < 4.78 is 2.16. The smallest absolute Gasteiger partial charge is 0.0478 e. The van der Waals surface area contributed by atoms with Gasteiger partial charge >= 0.3 is 0 Å². The van der Waals surface area contributed by atoms with Crippen LogP contribution in [0.1, 0.15) is 17.5 Å². The number of fused-ring (bicyclic) bond motifs is 1. The lowest BCUT2D eigenvalue weighted by Gasteiger charge is -2.23. The highest BCUT2D eigenvalue weighted by molar-refractivity contribution is 5.82. The third-order valence-electron chi connectivity index (χ3n) is 4.98. The van der Waals surface area contributed by atoms with Crippen LogP contribution in [0.25, 0.3) is 17.0 Å². The van der Waals surface area contributed by atoms with Crippen molar-refractivity contribution in [2.45, 2.75) is 18.9 Å². The van der Waals surface area contributed by atoms with E-state index in [9.17, 15) is 0 Å². The second-order valence-electron chi connectivity index (χ2n) is 6.86. The Morgan fingerprint density at radius 3 is 2.84 bits per heavy atom. The van der Waals surface area contributed by atoms with Crippen LogP contribution >= 0.6 is 0 Å². The summed E-state index contributed by atoms with van der Waals surface area (Å²) in [4.78, 5) is 0. The first-order chi connectivity index (χ1) is 12.3. The lowest BCUT2D eigenvalue weighted by molar-refractivity contribution is 0.516. The molecular formula is C23H24N2. The van der Waals surface area contributed by atoms with Gasteiger partial charge < -0.3 is 9.88 Å². The Balaban J connectivity index is 1.44. The molecule has 1 unspecified atom stereocenters. The van der Waals surface area contributed by atoms with Crippen molar-refractivity contribution in [1.82, 2.24) is 9.88 Å². The molecule has 1 aliphatic heterocycles. The molecule has 2 nitrogen and oxygen atoms in total. The fourth-order valence-electron chi connectivity index (χ4n) is 3.58. The van der Waals surface area contributed by atoms with Gasteiger partial charge in [0.25, 0.3) is 0 Å². The minimum atomic E-state index is 0.517. The Morgan fingerprint density at radius 1 is 1.08 bits per heavy atom. The van der Waals surface area contributed by atoms with Gasteiger partial charge in [-0.1, -0.05) is 54.6 Å². The van der Waals surface area contributed by atoms with Crippen LogP contribution in [0, 0.1) is 0 Å². The van der Waals surface area contributed by atoms with Gasteiger partial charge in [-0.05, 0) is 47.7 Å². The lowest BCUT2D eigenvalue weighted by atomic mass is 9.95. The molecule has 126 valence electrons. The van der Waals surface area contributed by atoms with Crippen molar-refractivity contribution in [3.63, 3.8) is 0 Å². The van der Waals surface area contributed by atoms with Crippen molar-refractivity contribution in [3.05, 3.63) is 89.6 Å². The molecule has 0 fully saturated rings. The van der Waals surface area contributed by atoms with E-state index in [4.69, 9.17) is 0 Å². The van der Waals surface area contributed by atoms with Crippen LogP contribution in [0.15, 0.2) is 78.5 Å². The van der Waals surface area contributed by atoms with E-state index in [1.165, 1.54) is 27.6 Å². The molecule has 0 saturated carbocycles. The molecule has 0 amide bonds. The summed E-state index contributed by atoms with van der Waals surface area (Å²) in [6.07, 6.45) is 11.1. The van der Waals surface area contributed by atoms with Crippen molar-refractivity contribution in [3.8, 4) is 0 Å². The SMILES string of the molecule is Cn1ccc2cc(C=CC3=CCNC(Cc4ccccc4)C3)ccc21. The zero-order chi connectivity index (χ0) is 17.1. The molecule has 0 aliphatic carbocycles. The fourth-order valence-corrected chi connectivity index (χ4v) is 3.58. The maximum Gasteiger partial charge on any atom is 0.0478 e. The van der Waals surface area contributed by atoms with Crippen LogP contribution in [0.2, 0.25) is 0 Å². The number of benzene rings is 2. The lowest BCUT2D eigenvalue weighted by Crippen LogP contribution is -2.34. The Bertz CT molecular complexity index is 916. The van der Waals surface area contributed by atoms with Crippen LogP contribution in [0.5, 0.6) is 0 Å². The van der Waals surface area contributed by atoms with Crippen LogP contribution < -0.4 is 5.32 Å². The highest BCUT2D eigenvalue weighted by Gasteiger charge is 2.13. The number of aromatic nitrogens is 1. The van der Waals surface area contributed by atoms with E-state index >= 15 is 0 Å². The van der Waals surface area contributed by atoms with E-state index in [1.54, 1.807) is 0 Å². The van der Waals surface area contributed by atoms with E-state index in [2.05, 4.69) is 96.0 Å². The van der Waals surface area contributed by atoms with Crippen LogP contribution in [-0.4, -0.2) is 17.2 Å². The van der Waals surface area contributed by atoms with E-state index in [0.717, 1.165) is 19.4 Å². The second kappa shape index (κ2) is 7.12. The van der Waals surface area contributed by atoms with Gasteiger partial charge in [-0.3, -0.25) is 0 Å². The average molecular weight is 328 g/mol. The Hall–Kier alpha value is -2.58. The number of allylic oxidation sites excluding steroid dienone is 1. The van der Waals surface area contributed by atoms with E-state index in [-0.39, 0.29) is 0 Å². The van der Waals surface area contributed by atoms with Crippen molar-refractivity contribution in [2.75, 3.05) is 6.54 Å². The number of hydrogen-bond donors (Lipinski definition) is 1. The predicted octanol–water partition coefficient (Wildman–Crippen LogP) is 4.72. The Labute approximate surface area is 149 Å². The third kappa shape index (κ3) is 3.75. The molecule has 1 atom stereocenters. The first-order valence-corrected chi connectivity index (χ1v) is 8.97. The van der Waals surface area contributed by atoms with Crippen LogP contribution in [0.4, 0.5) is 0 Å². The van der Waals surface area contributed by atoms with Gasteiger partial charge in [-0.15, -0.1) is 0 Å². The van der Waals surface area contributed by atoms with Gasteiger partial charge in [0.05, 0.1) is 0 Å². The van der Waals surface area contributed by atoms with Crippen molar-refractivity contribution >= 4 is 17.0 Å². The monoisotopic (exact) mass is 328 g/mol. The second-order valence-corrected chi connectivity index (χ2v) is 6.86. The summed E-state index contributed by atoms with van der Waals surface area (Å²) in [5.41, 5.74) is 5.37. The minimum absolute atomic E-state index is 0.517. The molecule has 2 heterocycles. The largest absolute Gasteiger partial charge is 0.351 e. The topological polar surface area (TPSA) is 17.0 Å². The molecule has 0 spiro atoms. The molecule has 0 radical (unpaired) electrons. The molecule has 1 N–H and O–H groups in total. The average Bonchev–Trinajstić information content (AvgIpc) is 3.02. The summed E-state index contributed by atoms with van der Waals surface area (Å²) >= 11 is 0. The predicted molar refractivity (Wildman–Crippen MR) is 107 cm³/mol. The summed E-state index contributed by atoms with van der Waals surface area (Å²) in [6, 6.07) is 20.1. The number of nitrogens with one attached hydrogen (secondary N) is 1. The zero-order valence-electron chi connectivity index (χ0n) is 14.7. The molecule has 0 saturated heterocycles. The van der Waals surface area contributed by atoms with Crippen LogP contribution in [-0.2, 0) is 13.5 Å². The van der Waals surface area contributed by atoms with E-state index in [1.807, 2.05) is 0 Å². The quantitative estimate of drug-likeness (QED) is 0.733. The molecular weight excluding hydrogens is 304 g/mol. The summed E-state index contributed by atoms with van der Waals surface area (Å²) in [5, 5.41) is 4.91. The zero-order valence-corrected chi connectivity index (χ0v) is 14.7. The van der Waals surface area contributed by atoms with Gasteiger partial charge in [0, 0.05) is 36.7 Å². The number of hydrogen-bond acceptors (Lipinski definition) is 1. The number of rotatable bonds is 4. The molecule has 25 heavy (non-hydrogen) atoms. The van der Waals surface area contributed by atoms with Gasteiger partial charge in [-0.2, -0.15) is 0 Å². The molecule has 2 aromatic carbocycles. The number of aryl methyl sites for hydroxylation is 1. The first kappa shape index (κ1) is 15.9. The Kier molecular flexibility index (Phi) is 4.53. The minimum Gasteiger partial charge on any atom is -0.351 e. The van der Waals surface area contributed by atoms with E-state index < -0.39 is 0 Å². The highest BCUT2D eigenvalue weighted by Crippen LogP contribution is 2.20. The van der Waals surface area contributed by atoms with Crippen molar-refractivity contribution < 1.29 is 0 Å². The van der Waals surface area contributed by atoms with Gasteiger partial charge in [-0.25, -0.2) is 0 Å². The maximum absolute atomic E-state index is 3.61. The van der Waals surface area contributed by atoms with Crippen LogP contribution in [0.3, 0.4) is 0 Å². The molecule has 3 aromatic rings. The van der Waals surface area contributed by atoms with Crippen molar-refractivity contribution in [2.24, 2.45) is 7.05 Å². The fraction of sp³-hybridized carbons (Fsp3) is 0.217. The Morgan fingerprint density at radius 2 is 1.96 bits per heavy atom. The highest BCUT2D eigenvalue weighted by atomic mass is 14.9. The summed E-state index contributed by atoms with van der Waals surface area (Å²) in [7, 11) is 2.09. The van der Waals surface area contributed by atoms with Gasteiger partial charge in [0.1, 0.15) is 0 Å². The van der Waals surface area contributed by atoms with Gasteiger partial charge in [0.15, 0.2) is 0 Å². The summed E-state index contributed by atoms with van der Waals surface area (Å²) in [6.45, 7) is 0.953. The molecule has 1 aliphatic rings. The molecule has 4 rings (SSSR count). The first-order valence-electron chi connectivity index (χ1n) is 8.97. The molecule has 1 aromatic heterocycles. The number of nitrogens with zero attached hydrogens (tertiary/aromatic N) is 1. The normalized spacial score (nSPS) is 18.0. The molecule has 2 heteroatoms. The summed E-state index contributed by atoms with van der Waals surface area (Å²) in [5.74, 6) is 0. The maximum atomic E-state index is 3.61. The standard InChI is InChI=1S/C23H24N2/c1-25-14-12-21-15-19(9-10-23(21)25)7-8-20-11-13-24-22(17-20)16-18-5-3-2-4-6-18/h2-12,14-15,22,24H,13,16-17H2,1H3. The third-order valence-corrected chi connectivity index (χ3v) is 4.98. The van der Waals surface area contributed by atoms with Gasteiger partial charge in [0.2, 0.25) is 0 Å². The van der Waals surface area contributed by atoms with E-state index in [0.29, 0.717) is 6.04 Å².